The van der Waals surface area contributed by atoms with Gasteiger partial charge in [0.15, 0.2) is 0 Å². The van der Waals surface area contributed by atoms with Crippen LogP contribution in [0, 0.1) is 0 Å². The zero-order valence-electron chi connectivity index (χ0n) is 9.02. The van der Waals surface area contributed by atoms with E-state index in [0.717, 1.165) is 5.56 Å². The maximum Gasteiger partial charge on any atom is 0.0804 e. The van der Waals surface area contributed by atoms with Crippen molar-refractivity contribution in [2.45, 2.75) is 37.7 Å². The van der Waals surface area contributed by atoms with Crippen molar-refractivity contribution in [3.63, 3.8) is 0 Å². The van der Waals surface area contributed by atoms with Crippen molar-refractivity contribution < 1.29 is 5.11 Å². The minimum absolute atomic E-state index is 0.383. The average molecular weight is 205 g/mol. The first-order valence-corrected chi connectivity index (χ1v) is 5.80. The van der Waals surface area contributed by atoms with Gasteiger partial charge in [-0.2, -0.15) is 0 Å². The number of aliphatic hydroxyl groups is 1. The molecule has 0 bridgehead atoms. The number of benzene rings is 1. The monoisotopic (exact) mass is 205 g/mol. The van der Waals surface area contributed by atoms with Gasteiger partial charge in [-0.25, -0.2) is 0 Å². The van der Waals surface area contributed by atoms with Crippen LogP contribution in [0.3, 0.4) is 0 Å². The maximum absolute atomic E-state index is 9.99. The SMILES string of the molecule is NCCC(O)c1ccccc1C1CCC1. The Morgan fingerprint density at radius 2 is 2.07 bits per heavy atom. The summed E-state index contributed by atoms with van der Waals surface area (Å²) >= 11 is 0. The highest BCUT2D eigenvalue weighted by Gasteiger charge is 2.23. The number of nitrogens with two attached hydrogens (primary N) is 1. The third kappa shape index (κ3) is 2.21. The second kappa shape index (κ2) is 4.77. The molecule has 15 heavy (non-hydrogen) atoms. The van der Waals surface area contributed by atoms with Gasteiger partial charge in [0, 0.05) is 0 Å². The summed E-state index contributed by atoms with van der Waals surface area (Å²) in [5, 5.41) is 9.99. The molecule has 0 amide bonds. The molecule has 1 aliphatic rings. The van der Waals surface area contributed by atoms with Crippen molar-refractivity contribution >= 4 is 0 Å². The van der Waals surface area contributed by atoms with Crippen LogP contribution in [0.5, 0.6) is 0 Å². The molecule has 0 aromatic heterocycles. The minimum Gasteiger partial charge on any atom is -0.388 e. The molecule has 2 heteroatoms. The first-order valence-electron chi connectivity index (χ1n) is 5.80. The van der Waals surface area contributed by atoms with E-state index >= 15 is 0 Å². The molecular weight excluding hydrogens is 186 g/mol. The van der Waals surface area contributed by atoms with Gasteiger partial charge in [0.25, 0.3) is 0 Å². The van der Waals surface area contributed by atoms with Gasteiger partial charge in [-0.3, -0.25) is 0 Å². The second-order valence-electron chi connectivity index (χ2n) is 4.35. The molecular formula is C13H19NO. The van der Waals surface area contributed by atoms with Crippen LogP contribution < -0.4 is 5.73 Å². The summed E-state index contributed by atoms with van der Waals surface area (Å²) in [6.45, 7) is 0.542. The Bertz CT molecular complexity index is 320. The van der Waals surface area contributed by atoms with Crippen LogP contribution >= 0.6 is 0 Å². The third-order valence-electron chi connectivity index (χ3n) is 3.34. The highest BCUT2D eigenvalue weighted by molar-refractivity contribution is 5.33. The molecule has 0 spiro atoms. The first-order chi connectivity index (χ1) is 7.33. The summed E-state index contributed by atoms with van der Waals surface area (Å²) in [6.07, 6.45) is 4.14. The Labute approximate surface area is 91.1 Å². The van der Waals surface area contributed by atoms with Gasteiger partial charge in [-0.05, 0) is 42.9 Å². The van der Waals surface area contributed by atoms with E-state index in [0.29, 0.717) is 18.9 Å². The Morgan fingerprint density at radius 1 is 1.33 bits per heavy atom. The Hall–Kier alpha value is -0.860. The summed E-state index contributed by atoms with van der Waals surface area (Å²) in [6, 6.07) is 8.25. The number of hydrogen-bond donors (Lipinski definition) is 2. The predicted molar refractivity (Wildman–Crippen MR) is 61.7 cm³/mol. The number of aliphatic hydroxyl groups excluding tert-OH is 1. The molecule has 1 atom stereocenters. The van der Waals surface area contributed by atoms with E-state index in [4.69, 9.17) is 5.73 Å². The van der Waals surface area contributed by atoms with Crippen LogP contribution in [0.15, 0.2) is 24.3 Å². The molecule has 82 valence electrons. The molecule has 0 saturated heterocycles. The van der Waals surface area contributed by atoms with Gasteiger partial charge in [0.2, 0.25) is 0 Å². The van der Waals surface area contributed by atoms with Crippen molar-refractivity contribution in [1.29, 1.82) is 0 Å². The Kier molecular flexibility index (Phi) is 3.39. The van der Waals surface area contributed by atoms with Crippen molar-refractivity contribution in [3.05, 3.63) is 35.4 Å². The topological polar surface area (TPSA) is 46.2 Å². The molecule has 1 unspecified atom stereocenters. The molecule has 0 heterocycles. The van der Waals surface area contributed by atoms with Gasteiger partial charge in [0.05, 0.1) is 6.10 Å². The van der Waals surface area contributed by atoms with E-state index < -0.39 is 0 Å². The van der Waals surface area contributed by atoms with Crippen molar-refractivity contribution in [3.8, 4) is 0 Å². The molecule has 1 aromatic carbocycles. The molecule has 0 aliphatic heterocycles. The van der Waals surface area contributed by atoms with Crippen LogP contribution in [0.25, 0.3) is 0 Å². The van der Waals surface area contributed by atoms with Crippen molar-refractivity contribution in [2.75, 3.05) is 6.54 Å². The molecule has 3 N–H and O–H groups in total. The van der Waals surface area contributed by atoms with Gasteiger partial charge in [0.1, 0.15) is 0 Å². The fourth-order valence-electron chi connectivity index (χ4n) is 2.22. The van der Waals surface area contributed by atoms with Crippen LogP contribution in [0.4, 0.5) is 0 Å². The molecule has 2 rings (SSSR count). The third-order valence-corrected chi connectivity index (χ3v) is 3.34. The van der Waals surface area contributed by atoms with Crippen molar-refractivity contribution in [2.24, 2.45) is 5.73 Å². The van der Waals surface area contributed by atoms with E-state index in [-0.39, 0.29) is 6.10 Å². The van der Waals surface area contributed by atoms with E-state index in [1.807, 2.05) is 12.1 Å². The number of rotatable bonds is 4. The lowest BCUT2D eigenvalue weighted by atomic mass is 9.77. The smallest absolute Gasteiger partial charge is 0.0804 e. The Morgan fingerprint density at radius 3 is 2.67 bits per heavy atom. The summed E-state index contributed by atoms with van der Waals surface area (Å²) in [7, 11) is 0. The summed E-state index contributed by atoms with van der Waals surface area (Å²) < 4.78 is 0. The average Bonchev–Trinajstić information content (AvgIpc) is 2.16. The van der Waals surface area contributed by atoms with Gasteiger partial charge in [-0.1, -0.05) is 30.7 Å². The van der Waals surface area contributed by atoms with Gasteiger partial charge >= 0.3 is 0 Å². The van der Waals surface area contributed by atoms with Crippen LogP contribution in [0.2, 0.25) is 0 Å². The lowest BCUT2D eigenvalue weighted by Gasteiger charge is -2.29. The molecule has 1 aliphatic carbocycles. The lowest BCUT2D eigenvalue weighted by Crippen LogP contribution is -2.14. The van der Waals surface area contributed by atoms with E-state index in [1.165, 1.54) is 24.8 Å². The summed E-state index contributed by atoms with van der Waals surface area (Å²) in [5.41, 5.74) is 7.91. The van der Waals surface area contributed by atoms with Gasteiger partial charge in [-0.15, -0.1) is 0 Å². The van der Waals surface area contributed by atoms with Crippen LogP contribution in [0.1, 0.15) is 48.8 Å². The summed E-state index contributed by atoms with van der Waals surface area (Å²) in [5.74, 6) is 0.675. The largest absolute Gasteiger partial charge is 0.388 e. The molecule has 1 saturated carbocycles. The molecule has 1 aromatic rings. The summed E-state index contributed by atoms with van der Waals surface area (Å²) in [4.78, 5) is 0. The predicted octanol–water partition coefficient (Wildman–Crippen LogP) is 2.34. The van der Waals surface area contributed by atoms with E-state index in [1.54, 1.807) is 0 Å². The minimum atomic E-state index is -0.383. The molecule has 0 radical (unpaired) electrons. The zero-order chi connectivity index (χ0) is 10.7. The highest BCUT2D eigenvalue weighted by atomic mass is 16.3. The highest BCUT2D eigenvalue weighted by Crippen LogP contribution is 2.39. The second-order valence-corrected chi connectivity index (χ2v) is 4.35. The lowest BCUT2D eigenvalue weighted by molar-refractivity contribution is 0.167. The molecule has 2 nitrogen and oxygen atoms in total. The quantitative estimate of drug-likeness (QED) is 0.792. The van der Waals surface area contributed by atoms with Gasteiger partial charge < -0.3 is 10.8 Å². The van der Waals surface area contributed by atoms with Crippen LogP contribution in [-0.2, 0) is 0 Å². The normalized spacial score (nSPS) is 18.5. The fraction of sp³-hybridized carbons (Fsp3) is 0.538. The molecule has 1 fully saturated rings. The maximum atomic E-state index is 9.99. The van der Waals surface area contributed by atoms with Crippen molar-refractivity contribution in [1.82, 2.24) is 0 Å². The standard InChI is InChI=1S/C13H19NO/c14-9-8-13(15)12-7-2-1-6-11(12)10-4-3-5-10/h1-2,6-7,10,13,15H,3-5,8-9,14H2. The first kappa shape index (κ1) is 10.7. The fourth-order valence-corrected chi connectivity index (χ4v) is 2.22. The number of hydrogen-bond acceptors (Lipinski definition) is 2. The van der Waals surface area contributed by atoms with Crippen LogP contribution in [-0.4, -0.2) is 11.7 Å². The zero-order valence-corrected chi connectivity index (χ0v) is 9.02. The Balaban J connectivity index is 2.20. The van der Waals surface area contributed by atoms with E-state index in [9.17, 15) is 5.11 Å². The van der Waals surface area contributed by atoms with E-state index in [2.05, 4.69) is 12.1 Å².